The fourth-order valence-electron chi connectivity index (χ4n) is 8.84. The third kappa shape index (κ3) is 67.5. The number of allylic oxidation sites excluding steroid dienone is 24. The maximum atomic E-state index is 13.0. The monoisotopic (exact) mass is 1380 g/mol. The van der Waals surface area contributed by atoms with Crippen LogP contribution in [0.15, 0.2) is 146 Å². The molecule has 0 heterocycles. The average molecular weight is 1390 g/mol. The van der Waals surface area contributed by atoms with Gasteiger partial charge in [0.1, 0.15) is 19.3 Å². The summed E-state index contributed by atoms with van der Waals surface area (Å²) in [6.45, 7) is 4.33. The highest BCUT2D eigenvalue weighted by atomic mass is 31.2. The molecule has 0 aromatic heterocycles. The second kappa shape index (κ2) is 68.5. The SMILES string of the molecule is CC/C=C\C/C=C\C/C=C\C/C=C\CCCCC(=O)OCC(COP(=O)(O)OCC(O)COP(=O)(O)OCC(COC(=O)CCCC/C=C\C/C=C\C/C=C\C/C=C\CC)OC(=O)CCCCCCC/C=C\CCCC)OC(=O)CCCCCCC/C=C\C/C=C\C/C=C\CC. The summed E-state index contributed by atoms with van der Waals surface area (Å²) in [5, 5.41) is 10.6. The van der Waals surface area contributed by atoms with E-state index in [0.717, 1.165) is 167 Å². The average Bonchev–Trinajstić information content (AvgIpc) is 1.09. The second-order valence-electron chi connectivity index (χ2n) is 23.4. The number of hydrogen-bond acceptors (Lipinski definition) is 15. The first kappa shape index (κ1) is 90.9. The van der Waals surface area contributed by atoms with Crippen molar-refractivity contribution >= 4 is 39.5 Å². The van der Waals surface area contributed by atoms with Crippen molar-refractivity contribution < 1.29 is 80.2 Å². The molecule has 546 valence electrons. The second-order valence-corrected chi connectivity index (χ2v) is 26.3. The minimum absolute atomic E-state index is 0.0608. The van der Waals surface area contributed by atoms with Gasteiger partial charge in [0, 0.05) is 25.7 Å². The Bertz CT molecular complexity index is 2400. The number of aliphatic hydroxyl groups is 1. The summed E-state index contributed by atoms with van der Waals surface area (Å²) in [4.78, 5) is 72.6. The summed E-state index contributed by atoms with van der Waals surface area (Å²) in [6, 6.07) is 0. The molecule has 0 saturated carbocycles. The van der Waals surface area contributed by atoms with Crippen molar-refractivity contribution in [2.45, 2.75) is 277 Å². The van der Waals surface area contributed by atoms with Crippen LogP contribution in [0, 0.1) is 0 Å². The van der Waals surface area contributed by atoms with Gasteiger partial charge >= 0.3 is 39.5 Å². The lowest BCUT2D eigenvalue weighted by Crippen LogP contribution is -2.30. The Kier molecular flexibility index (Phi) is 64.9. The van der Waals surface area contributed by atoms with Crippen LogP contribution in [0.4, 0.5) is 0 Å². The zero-order valence-electron chi connectivity index (χ0n) is 59.2. The molecule has 0 rings (SSSR count). The van der Waals surface area contributed by atoms with E-state index in [0.29, 0.717) is 25.7 Å². The standard InChI is InChI=1S/C77H126O17P2/c1-5-9-13-17-21-25-29-32-35-38-42-45-49-53-57-61-74(79)87-67-72(93-76(81)63-59-55-51-47-41-28-24-20-16-12-8-4)69-91-95(83,84)89-65-71(78)66-90-96(85,86)92-70-73(94-77(82)64-60-56-52-48-44-40-37-34-31-27-23-19-15-11-7-3)68-88-75(80)62-58-54-50-46-43-39-36-33-30-26-22-18-14-10-6-2/h9-11,13-15,20-27,32-37,42-43,45-46,71-73,78H,5-8,12,16-19,28-31,38-41,44,47-70H2,1-4H3,(H,83,84)(H,85,86)/b13-9-,14-10-,15-11-,24-20-,25-21-,26-22-,27-23-,35-32-,36-33-,37-34-,45-42-,46-43-. The topological polar surface area (TPSA) is 237 Å². The molecular weight excluding hydrogens is 1260 g/mol. The summed E-state index contributed by atoms with van der Waals surface area (Å²) in [5.74, 6) is -2.31. The highest BCUT2D eigenvalue weighted by Crippen LogP contribution is 2.45. The molecule has 0 aromatic rings. The fraction of sp³-hybridized carbons (Fsp3) is 0.636. The predicted octanol–water partition coefficient (Wildman–Crippen LogP) is 20.3. The van der Waals surface area contributed by atoms with Gasteiger partial charge in [-0.3, -0.25) is 37.3 Å². The van der Waals surface area contributed by atoms with Crippen LogP contribution in [0.2, 0.25) is 0 Å². The Morgan fingerprint density at radius 2 is 0.542 bits per heavy atom. The lowest BCUT2D eigenvalue weighted by Gasteiger charge is -2.21. The van der Waals surface area contributed by atoms with E-state index in [2.05, 4.69) is 174 Å². The van der Waals surface area contributed by atoms with Gasteiger partial charge in [-0.05, 0) is 154 Å². The largest absolute Gasteiger partial charge is 0.472 e. The van der Waals surface area contributed by atoms with Crippen molar-refractivity contribution in [2.24, 2.45) is 0 Å². The van der Waals surface area contributed by atoms with E-state index in [-0.39, 0.29) is 25.7 Å². The molecule has 0 spiro atoms. The molecule has 0 aromatic carbocycles. The van der Waals surface area contributed by atoms with E-state index in [1.54, 1.807) is 0 Å². The van der Waals surface area contributed by atoms with E-state index in [4.69, 9.17) is 37.0 Å². The van der Waals surface area contributed by atoms with Crippen LogP contribution in [0.25, 0.3) is 0 Å². The molecule has 3 N–H and O–H groups in total. The number of esters is 4. The molecule has 5 unspecified atom stereocenters. The quantitative estimate of drug-likeness (QED) is 0.0169. The molecule has 0 aliphatic carbocycles. The summed E-state index contributed by atoms with van der Waals surface area (Å²) in [5.41, 5.74) is 0. The number of ether oxygens (including phenoxy) is 4. The van der Waals surface area contributed by atoms with E-state index >= 15 is 0 Å². The number of unbranched alkanes of at least 4 members (excludes halogenated alkanes) is 16. The van der Waals surface area contributed by atoms with Crippen LogP contribution < -0.4 is 0 Å². The zero-order valence-corrected chi connectivity index (χ0v) is 61.0. The van der Waals surface area contributed by atoms with Crippen molar-refractivity contribution in [1.29, 1.82) is 0 Å². The Balaban J connectivity index is 5.43. The first-order valence-electron chi connectivity index (χ1n) is 36.1. The maximum absolute atomic E-state index is 13.0. The first-order chi connectivity index (χ1) is 46.7. The van der Waals surface area contributed by atoms with Gasteiger partial charge in [-0.1, -0.05) is 225 Å². The van der Waals surface area contributed by atoms with E-state index in [1.807, 2.05) is 0 Å². The molecule has 0 aliphatic heterocycles. The minimum Gasteiger partial charge on any atom is -0.462 e. The first-order valence-corrected chi connectivity index (χ1v) is 39.1. The Hall–Kier alpha value is -5.06. The van der Waals surface area contributed by atoms with Crippen LogP contribution in [0.1, 0.15) is 259 Å². The fourth-order valence-corrected chi connectivity index (χ4v) is 10.4. The van der Waals surface area contributed by atoms with Crippen molar-refractivity contribution in [2.75, 3.05) is 39.6 Å². The number of phosphoric ester groups is 2. The Morgan fingerprint density at radius 3 is 0.865 bits per heavy atom. The van der Waals surface area contributed by atoms with Gasteiger partial charge in [0.25, 0.3) is 0 Å². The molecule has 0 saturated heterocycles. The van der Waals surface area contributed by atoms with Crippen molar-refractivity contribution in [3.8, 4) is 0 Å². The van der Waals surface area contributed by atoms with Gasteiger partial charge in [0.05, 0.1) is 26.4 Å². The highest BCUT2D eigenvalue weighted by molar-refractivity contribution is 7.47. The van der Waals surface area contributed by atoms with E-state index in [1.165, 1.54) is 12.8 Å². The lowest BCUT2D eigenvalue weighted by molar-refractivity contribution is -0.161. The third-order valence-corrected chi connectivity index (χ3v) is 16.2. The van der Waals surface area contributed by atoms with E-state index < -0.39 is 97.5 Å². The molecule has 0 aliphatic rings. The van der Waals surface area contributed by atoms with Gasteiger partial charge in [-0.2, -0.15) is 0 Å². The van der Waals surface area contributed by atoms with Crippen LogP contribution in [-0.2, 0) is 65.4 Å². The number of phosphoric acid groups is 2. The Labute approximate surface area is 579 Å². The molecule has 19 heteroatoms. The molecule has 96 heavy (non-hydrogen) atoms. The minimum atomic E-state index is -4.99. The summed E-state index contributed by atoms with van der Waals surface area (Å²) in [6.07, 6.45) is 75.8. The molecule has 0 amide bonds. The number of hydrogen-bond donors (Lipinski definition) is 3. The maximum Gasteiger partial charge on any atom is 0.472 e. The molecule has 0 radical (unpaired) electrons. The smallest absolute Gasteiger partial charge is 0.462 e. The third-order valence-electron chi connectivity index (χ3n) is 14.3. The normalized spacial score (nSPS) is 14.9. The summed E-state index contributed by atoms with van der Waals surface area (Å²) < 4.78 is 68.2. The molecular formula is C77H126O17P2. The molecule has 0 fully saturated rings. The zero-order chi connectivity index (χ0) is 70.4. The summed E-state index contributed by atoms with van der Waals surface area (Å²) in [7, 11) is -9.98. The van der Waals surface area contributed by atoms with Gasteiger partial charge in [0.15, 0.2) is 12.2 Å². The number of aliphatic hydroxyl groups excluding tert-OH is 1. The van der Waals surface area contributed by atoms with Gasteiger partial charge in [0.2, 0.25) is 0 Å². The van der Waals surface area contributed by atoms with Crippen LogP contribution >= 0.6 is 15.6 Å². The predicted molar refractivity (Wildman–Crippen MR) is 390 cm³/mol. The van der Waals surface area contributed by atoms with Crippen LogP contribution in [0.3, 0.4) is 0 Å². The van der Waals surface area contributed by atoms with Gasteiger partial charge in [-0.15, -0.1) is 0 Å². The summed E-state index contributed by atoms with van der Waals surface area (Å²) >= 11 is 0. The van der Waals surface area contributed by atoms with Crippen LogP contribution in [0.5, 0.6) is 0 Å². The van der Waals surface area contributed by atoms with Gasteiger partial charge < -0.3 is 33.8 Å². The van der Waals surface area contributed by atoms with Crippen molar-refractivity contribution in [3.05, 3.63) is 146 Å². The highest BCUT2D eigenvalue weighted by Gasteiger charge is 2.30. The number of rotatable bonds is 66. The molecule has 17 nitrogen and oxygen atoms in total. The number of carbonyl (C=O) groups excluding carboxylic acids is 4. The van der Waals surface area contributed by atoms with Gasteiger partial charge in [-0.25, -0.2) is 9.13 Å². The van der Waals surface area contributed by atoms with Crippen LogP contribution in [-0.4, -0.2) is 96.7 Å². The molecule has 5 atom stereocenters. The lowest BCUT2D eigenvalue weighted by atomic mass is 10.1. The van der Waals surface area contributed by atoms with Crippen molar-refractivity contribution in [1.82, 2.24) is 0 Å². The van der Waals surface area contributed by atoms with E-state index in [9.17, 15) is 43.2 Å². The van der Waals surface area contributed by atoms with Crippen molar-refractivity contribution in [3.63, 3.8) is 0 Å². The Morgan fingerprint density at radius 1 is 0.302 bits per heavy atom. The molecule has 0 bridgehead atoms. The number of carbonyl (C=O) groups is 4.